The Morgan fingerprint density at radius 2 is 0.635 bits per heavy atom. The van der Waals surface area contributed by atoms with Crippen LogP contribution in [0.1, 0.15) is 11.1 Å². The number of aromatic hydroxyl groups is 2. The average Bonchev–Trinajstić information content (AvgIpc) is 3.20. The fraction of sp³-hybridized carbons (Fsp3) is 0.0435. The highest BCUT2D eigenvalue weighted by molar-refractivity contribution is 7.78. The van der Waals surface area contributed by atoms with Gasteiger partial charge in [-0.3, -0.25) is 0 Å². The molecule has 52 heavy (non-hydrogen) atoms. The molecule has 0 heterocycles. The van der Waals surface area contributed by atoms with Gasteiger partial charge in [0, 0.05) is 55.8 Å². The van der Waals surface area contributed by atoms with Crippen LogP contribution in [0.15, 0.2) is 182 Å². The number of fused-ring (bicyclic) bond motifs is 2. The van der Waals surface area contributed by atoms with Crippen molar-refractivity contribution in [2.24, 2.45) is 0 Å². The molecule has 8 aromatic rings. The van der Waals surface area contributed by atoms with E-state index in [1.54, 1.807) is 0 Å². The lowest BCUT2D eigenvalue weighted by atomic mass is 9.89. The van der Waals surface area contributed by atoms with Gasteiger partial charge in [-0.05, 0) is 33.7 Å². The molecule has 0 saturated heterocycles. The molecular weight excluding hydrogens is 678 g/mol. The molecule has 0 aromatic heterocycles. The summed E-state index contributed by atoms with van der Waals surface area (Å²) >= 11 is 0. The molecule has 0 aliphatic carbocycles. The van der Waals surface area contributed by atoms with Crippen molar-refractivity contribution < 1.29 is 19.3 Å². The first-order chi connectivity index (χ1) is 25.4. The Kier molecular flexibility index (Phi) is 8.89. The Bertz CT molecular complexity index is 2370. The Labute approximate surface area is 303 Å². The summed E-state index contributed by atoms with van der Waals surface area (Å²) in [6, 6.07) is 57.1. The first kappa shape index (κ1) is 33.5. The topological polar surface area (TPSA) is 74.6 Å². The molecule has 8 rings (SSSR count). The minimum atomic E-state index is -3.29. The van der Waals surface area contributed by atoms with E-state index in [1.807, 2.05) is 182 Å². The predicted molar refractivity (Wildman–Crippen MR) is 217 cm³/mol. The van der Waals surface area contributed by atoms with E-state index in [2.05, 4.69) is 0 Å². The second kappa shape index (κ2) is 13.8. The summed E-state index contributed by atoms with van der Waals surface area (Å²) in [4.78, 5) is 0. The van der Waals surface area contributed by atoms with E-state index in [9.17, 15) is 10.2 Å². The van der Waals surface area contributed by atoms with Crippen LogP contribution in [0.25, 0.3) is 32.7 Å². The molecule has 0 unspecified atom stereocenters. The lowest BCUT2D eigenvalue weighted by molar-refractivity contribution is 0.465. The zero-order valence-electron chi connectivity index (χ0n) is 28.3. The third-order valence-electron chi connectivity index (χ3n) is 9.93. The molecule has 6 heteroatoms. The van der Waals surface area contributed by atoms with Crippen LogP contribution in [-0.2, 0) is 21.5 Å². The smallest absolute Gasteiger partial charge is 0.147 e. The molecule has 0 spiro atoms. The van der Waals surface area contributed by atoms with Gasteiger partial charge < -0.3 is 19.3 Å². The normalized spacial score (nSPS) is 11.9. The molecule has 0 aliphatic rings. The highest BCUT2D eigenvalue weighted by Gasteiger charge is 2.33. The summed E-state index contributed by atoms with van der Waals surface area (Å²) in [6.07, 6.45) is 0.139. The van der Waals surface area contributed by atoms with Crippen LogP contribution in [0.4, 0.5) is 0 Å². The quantitative estimate of drug-likeness (QED) is 0.146. The minimum absolute atomic E-state index is 0.0438. The lowest BCUT2D eigenvalue weighted by Gasteiger charge is -2.24. The van der Waals surface area contributed by atoms with Gasteiger partial charge in [-0.2, -0.15) is 0 Å². The van der Waals surface area contributed by atoms with Crippen molar-refractivity contribution in [3.05, 3.63) is 193 Å². The third kappa shape index (κ3) is 5.95. The number of rotatable bonds is 9. The summed E-state index contributed by atoms with van der Waals surface area (Å²) in [6.45, 7) is 0. The van der Waals surface area contributed by atoms with Crippen molar-refractivity contribution in [2.45, 2.75) is 12.3 Å². The van der Waals surface area contributed by atoms with E-state index in [0.717, 1.165) is 21.5 Å². The van der Waals surface area contributed by atoms with E-state index < -0.39 is 14.3 Å². The van der Waals surface area contributed by atoms with Crippen molar-refractivity contribution in [1.29, 1.82) is 0 Å². The molecule has 0 bridgehead atoms. The fourth-order valence-electron chi connectivity index (χ4n) is 7.35. The van der Waals surface area contributed by atoms with E-state index in [0.29, 0.717) is 43.5 Å². The number of phenols is 2. The van der Waals surface area contributed by atoms with Gasteiger partial charge in [-0.15, -0.1) is 0 Å². The van der Waals surface area contributed by atoms with Crippen molar-refractivity contribution in [3.63, 3.8) is 0 Å². The zero-order valence-corrected chi connectivity index (χ0v) is 30.1. The van der Waals surface area contributed by atoms with E-state index in [1.165, 1.54) is 0 Å². The lowest BCUT2D eigenvalue weighted by Crippen LogP contribution is -2.17. The maximum absolute atomic E-state index is 15.3. The number of hydrogen-bond acceptors (Lipinski definition) is 4. The monoisotopic (exact) mass is 714 g/mol. The fourth-order valence-corrected chi connectivity index (χ4v) is 12.7. The molecule has 0 radical (unpaired) electrons. The Hall–Kier alpha value is -5.66. The van der Waals surface area contributed by atoms with Crippen molar-refractivity contribution in [1.82, 2.24) is 0 Å². The van der Waals surface area contributed by atoms with E-state index >= 15 is 9.13 Å². The van der Waals surface area contributed by atoms with Gasteiger partial charge in [0.05, 0.1) is 0 Å². The highest BCUT2D eigenvalue weighted by atomic mass is 31.2. The molecule has 8 aromatic carbocycles. The number of benzene rings is 8. The molecular formula is C46H36O4P2. The van der Waals surface area contributed by atoms with Crippen LogP contribution >= 0.6 is 14.3 Å². The molecule has 254 valence electrons. The largest absolute Gasteiger partial charge is 0.507 e. The molecule has 4 nitrogen and oxygen atoms in total. The maximum atomic E-state index is 15.3. The molecule has 2 N–H and O–H groups in total. The van der Waals surface area contributed by atoms with E-state index in [-0.39, 0.29) is 23.8 Å². The van der Waals surface area contributed by atoms with Crippen LogP contribution in [0.5, 0.6) is 11.5 Å². The first-order valence-corrected chi connectivity index (χ1v) is 21.0. The molecule has 0 saturated carbocycles. The summed E-state index contributed by atoms with van der Waals surface area (Å²) in [5.41, 5.74) is 1.92. The second-order valence-corrected chi connectivity index (χ2v) is 18.8. The Morgan fingerprint density at radius 1 is 0.365 bits per heavy atom. The SMILES string of the molecule is O=P(Cc1cc2ccccc2c(-c2c(O)c(CP(=O)(c3ccccc3)c3ccccc3)cc3ccccc23)c1O)(c1ccccc1)c1ccccc1. The molecule has 0 fully saturated rings. The maximum Gasteiger partial charge on any atom is 0.147 e. The van der Waals surface area contributed by atoms with Crippen LogP contribution < -0.4 is 21.2 Å². The van der Waals surface area contributed by atoms with Crippen LogP contribution in [-0.4, -0.2) is 10.2 Å². The van der Waals surface area contributed by atoms with Crippen LogP contribution in [0, 0.1) is 0 Å². The van der Waals surface area contributed by atoms with Gasteiger partial charge in [0.15, 0.2) is 0 Å². The van der Waals surface area contributed by atoms with Crippen molar-refractivity contribution in [3.8, 4) is 22.6 Å². The summed E-state index contributed by atoms with van der Waals surface area (Å²) in [7, 11) is -6.57. The second-order valence-electron chi connectivity index (χ2n) is 13.1. The van der Waals surface area contributed by atoms with Gasteiger partial charge in [-0.25, -0.2) is 0 Å². The van der Waals surface area contributed by atoms with Crippen molar-refractivity contribution >= 4 is 57.0 Å². The molecule has 0 amide bonds. The predicted octanol–water partition coefficient (Wildman–Crippen LogP) is 10.1. The zero-order chi connectivity index (χ0) is 35.7. The van der Waals surface area contributed by atoms with Gasteiger partial charge >= 0.3 is 0 Å². The van der Waals surface area contributed by atoms with Gasteiger partial charge in [0.2, 0.25) is 0 Å². The first-order valence-electron chi connectivity index (χ1n) is 17.2. The number of phenolic OH excluding ortho intramolecular Hbond substituents is 2. The highest BCUT2D eigenvalue weighted by Crippen LogP contribution is 2.55. The minimum Gasteiger partial charge on any atom is -0.507 e. The standard InChI is InChI=1S/C46H36O4P2/c47-45-35(31-51(49,37-19-5-1-6-20-37)38-21-7-2-8-22-38)29-33-17-13-15-27-41(33)43(45)44-42-28-16-14-18-34(42)30-36(46(44)48)32-52(50,39-23-9-3-10-24-39)40-25-11-4-12-26-40/h1-30,47-48H,31-32H2. The van der Waals surface area contributed by atoms with E-state index in [4.69, 9.17) is 0 Å². The van der Waals surface area contributed by atoms with Gasteiger partial charge in [0.25, 0.3) is 0 Å². The summed E-state index contributed by atoms with van der Waals surface area (Å²) in [5.74, 6) is -0.0876. The van der Waals surface area contributed by atoms with Crippen LogP contribution in [0.2, 0.25) is 0 Å². The third-order valence-corrected chi connectivity index (χ3v) is 16.0. The Balaban J connectivity index is 1.37. The van der Waals surface area contributed by atoms with Gasteiger partial charge in [-0.1, -0.05) is 170 Å². The molecule has 0 atom stereocenters. The van der Waals surface area contributed by atoms with Crippen molar-refractivity contribution in [2.75, 3.05) is 0 Å². The molecule has 0 aliphatic heterocycles. The summed E-state index contributed by atoms with van der Waals surface area (Å²) in [5, 5.41) is 30.9. The van der Waals surface area contributed by atoms with Gasteiger partial charge in [0.1, 0.15) is 25.8 Å². The average molecular weight is 715 g/mol. The number of hydrogen-bond donors (Lipinski definition) is 2. The summed E-state index contributed by atoms with van der Waals surface area (Å²) < 4.78 is 30.6. The Morgan fingerprint density at radius 3 is 0.942 bits per heavy atom. The van der Waals surface area contributed by atoms with Crippen LogP contribution in [0.3, 0.4) is 0 Å².